The van der Waals surface area contributed by atoms with Crippen LogP contribution in [0.3, 0.4) is 0 Å². The van der Waals surface area contributed by atoms with E-state index in [0.29, 0.717) is 12.2 Å². The number of amides is 2. The molecular weight excluding hydrogens is 354 g/mol. The summed E-state index contributed by atoms with van der Waals surface area (Å²) < 4.78 is 5.67. The fourth-order valence-electron chi connectivity index (χ4n) is 3.00. The largest absolute Gasteiger partial charge is 0.483 e. The topological polar surface area (TPSA) is 105 Å². The van der Waals surface area contributed by atoms with Crippen molar-refractivity contribution in [2.24, 2.45) is 5.73 Å². The summed E-state index contributed by atoms with van der Waals surface area (Å²) in [6, 6.07) is 19.5. The molecular formula is C22H21N3O3. The number of carbonyl (C=O) groups excluding carboxylic acids is 2. The van der Waals surface area contributed by atoms with Crippen LogP contribution in [0.4, 0.5) is 0 Å². The standard InChI is InChI=1S/C22H21N3O3/c23-13-16-10-11-20(18-9-5-4-8-17(16)18)28-14-21(26)25-19(22(24)27)12-15-6-2-1-3-7-15/h1-11,13,19,23H,12,14H2,(H2,24,27)(H,25,26)/t19-/m1/s1. The molecule has 0 aliphatic carbocycles. The first-order chi connectivity index (χ1) is 13.6. The van der Waals surface area contributed by atoms with Crippen LogP contribution in [0, 0.1) is 5.41 Å². The smallest absolute Gasteiger partial charge is 0.258 e. The highest BCUT2D eigenvalue weighted by molar-refractivity contribution is 6.01. The van der Waals surface area contributed by atoms with Crippen molar-refractivity contribution >= 4 is 28.8 Å². The van der Waals surface area contributed by atoms with Crippen molar-refractivity contribution in [2.75, 3.05) is 6.61 Å². The molecule has 0 aliphatic rings. The molecule has 0 bridgehead atoms. The lowest BCUT2D eigenvalue weighted by Crippen LogP contribution is -2.47. The number of hydrogen-bond donors (Lipinski definition) is 3. The number of carbonyl (C=O) groups is 2. The Balaban J connectivity index is 1.67. The highest BCUT2D eigenvalue weighted by atomic mass is 16.5. The third kappa shape index (κ3) is 4.54. The lowest BCUT2D eigenvalue weighted by atomic mass is 10.0. The van der Waals surface area contributed by atoms with Crippen molar-refractivity contribution in [3.63, 3.8) is 0 Å². The molecule has 0 unspecified atom stereocenters. The number of hydrogen-bond acceptors (Lipinski definition) is 4. The summed E-state index contributed by atoms with van der Waals surface area (Å²) in [5.41, 5.74) is 7.10. The Kier molecular flexibility index (Phi) is 6.01. The second kappa shape index (κ2) is 8.81. The van der Waals surface area contributed by atoms with Crippen LogP contribution >= 0.6 is 0 Å². The van der Waals surface area contributed by atoms with E-state index in [1.165, 1.54) is 6.21 Å². The summed E-state index contributed by atoms with van der Waals surface area (Å²) in [6.07, 6.45) is 1.60. The zero-order valence-corrected chi connectivity index (χ0v) is 15.2. The second-order valence-corrected chi connectivity index (χ2v) is 6.34. The molecule has 0 saturated heterocycles. The fraction of sp³-hybridized carbons (Fsp3) is 0.136. The molecule has 142 valence electrons. The number of rotatable bonds is 8. The Morgan fingerprint density at radius 3 is 2.36 bits per heavy atom. The predicted octanol–water partition coefficient (Wildman–Crippen LogP) is 2.43. The molecule has 0 spiro atoms. The van der Waals surface area contributed by atoms with Gasteiger partial charge in [-0.05, 0) is 23.1 Å². The summed E-state index contributed by atoms with van der Waals surface area (Å²) in [7, 11) is 0. The van der Waals surface area contributed by atoms with Crippen LogP contribution in [0.5, 0.6) is 5.75 Å². The van der Waals surface area contributed by atoms with Crippen molar-refractivity contribution < 1.29 is 14.3 Å². The zero-order chi connectivity index (χ0) is 19.9. The summed E-state index contributed by atoms with van der Waals surface area (Å²) in [6.45, 7) is -0.244. The van der Waals surface area contributed by atoms with E-state index in [-0.39, 0.29) is 6.61 Å². The van der Waals surface area contributed by atoms with E-state index in [2.05, 4.69) is 5.32 Å². The van der Waals surface area contributed by atoms with Crippen molar-refractivity contribution in [2.45, 2.75) is 12.5 Å². The van der Waals surface area contributed by atoms with Crippen LogP contribution in [-0.4, -0.2) is 30.7 Å². The minimum absolute atomic E-state index is 0.244. The van der Waals surface area contributed by atoms with Gasteiger partial charge in [-0.25, -0.2) is 0 Å². The molecule has 0 aromatic heterocycles. The molecule has 3 aromatic rings. The van der Waals surface area contributed by atoms with Gasteiger partial charge in [-0.2, -0.15) is 0 Å². The van der Waals surface area contributed by atoms with Crippen LogP contribution < -0.4 is 15.8 Å². The Morgan fingerprint density at radius 2 is 1.68 bits per heavy atom. The number of primary amides is 1. The molecule has 4 N–H and O–H groups in total. The number of fused-ring (bicyclic) bond motifs is 1. The minimum atomic E-state index is -0.810. The zero-order valence-electron chi connectivity index (χ0n) is 15.2. The van der Waals surface area contributed by atoms with Gasteiger partial charge in [0.1, 0.15) is 11.8 Å². The maximum Gasteiger partial charge on any atom is 0.258 e. The first-order valence-electron chi connectivity index (χ1n) is 8.86. The molecule has 0 saturated carbocycles. The van der Waals surface area contributed by atoms with E-state index in [4.69, 9.17) is 15.9 Å². The number of nitrogens with one attached hydrogen (secondary N) is 2. The third-order valence-electron chi connectivity index (χ3n) is 4.39. The molecule has 28 heavy (non-hydrogen) atoms. The Bertz CT molecular complexity index is 1000. The van der Waals surface area contributed by atoms with E-state index in [9.17, 15) is 9.59 Å². The predicted molar refractivity (Wildman–Crippen MR) is 109 cm³/mol. The van der Waals surface area contributed by atoms with Gasteiger partial charge >= 0.3 is 0 Å². The Morgan fingerprint density at radius 1 is 1.00 bits per heavy atom. The van der Waals surface area contributed by atoms with Crippen molar-refractivity contribution in [1.29, 1.82) is 5.41 Å². The second-order valence-electron chi connectivity index (χ2n) is 6.34. The summed E-state index contributed by atoms with van der Waals surface area (Å²) in [5.74, 6) is -0.493. The van der Waals surface area contributed by atoms with Crippen molar-refractivity contribution in [3.05, 3.63) is 77.9 Å². The quantitative estimate of drug-likeness (QED) is 0.527. The van der Waals surface area contributed by atoms with Gasteiger partial charge < -0.3 is 21.2 Å². The SMILES string of the molecule is N=Cc1ccc(OCC(=O)N[C@H](Cc2ccccc2)C(N)=O)c2ccccc12. The van der Waals surface area contributed by atoms with Gasteiger partial charge in [-0.3, -0.25) is 9.59 Å². The lowest BCUT2D eigenvalue weighted by Gasteiger charge is -2.16. The van der Waals surface area contributed by atoms with E-state index >= 15 is 0 Å². The molecule has 0 fully saturated rings. The van der Waals surface area contributed by atoms with Crippen LogP contribution in [0.25, 0.3) is 10.8 Å². The Hall–Kier alpha value is -3.67. The first-order valence-corrected chi connectivity index (χ1v) is 8.86. The highest BCUT2D eigenvalue weighted by Crippen LogP contribution is 2.27. The molecule has 3 aromatic carbocycles. The van der Waals surface area contributed by atoms with Crippen LogP contribution in [0.1, 0.15) is 11.1 Å². The van der Waals surface area contributed by atoms with Gasteiger partial charge in [-0.15, -0.1) is 0 Å². The molecule has 0 radical (unpaired) electrons. The van der Waals surface area contributed by atoms with E-state index < -0.39 is 17.9 Å². The van der Waals surface area contributed by atoms with Crippen molar-refractivity contribution in [1.82, 2.24) is 5.32 Å². The average molecular weight is 375 g/mol. The van der Waals surface area contributed by atoms with Gasteiger partial charge in [0.05, 0.1) is 0 Å². The maximum absolute atomic E-state index is 12.3. The van der Waals surface area contributed by atoms with Crippen molar-refractivity contribution in [3.8, 4) is 5.75 Å². The summed E-state index contributed by atoms with van der Waals surface area (Å²) in [5, 5.41) is 11.8. The van der Waals surface area contributed by atoms with Crippen LogP contribution in [0.2, 0.25) is 0 Å². The van der Waals surface area contributed by atoms with E-state index in [0.717, 1.165) is 21.9 Å². The van der Waals surface area contributed by atoms with Crippen LogP contribution in [-0.2, 0) is 16.0 Å². The molecule has 6 nitrogen and oxygen atoms in total. The van der Waals surface area contributed by atoms with Gasteiger partial charge in [0.15, 0.2) is 6.61 Å². The highest BCUT2D eigenvalue weighted by Gasteiger charge is 2.19. The van der Waals surface area contributed by atoms with Gasteiger partial charge in [0.25, 0.3) is 5.91 Å². The van der Waals surface area contributed by atoms with Gasteiger partial charge in [-0.1, -0.05) is 54.6 Å². The fourth-order valence-corrected chi connectivity index (χ4v) is 3.00. The molecule has 3 rings (SSSR count). The monoisotopic (exact) mass is 375 g/mol. The van der Waals surface area contributed by atoms with E-state index in [1.807, 2.05) is 54.6 Å². The third-order valence-corrected chi connectivity index (χ3v) is 4.39. The molecule has 0 aliphatic heterocycles. The first kappa shape index (κ1) is 19.1. The molecule has 2 amide bonds. The lowest BCUT2D eigenvalue weighted by molar-refractivity contribution is -0.128. The normalized spacial score (nSPS) is 11.6. The Labute approximate surface area is 162 Å². The summed E-state index contributed by atoms with van der Waals surface area (Å²) >= 11 is 0. The molecule has 6 heteroatoms. The number of nitrogens with two attached hydrogens (primary N) is 1. The van der Waals surface area contributed by atoms with E-state index in [1.54, 1.807) is 12.1 Å². The van der Waals surface area contributed by atoms with Crippen LogP contribution in [0.15, 0.2) is 66.7 Å². The maximum atomic E-state index is 12.3. The van der Waals surface area contributed by atoms with Gasteiger partial charge in [0.2, 0.25) is 5.91 Å². The molecule has 1 atom stereocenters. The molecule has 0 heterocycles. The summed E-state index contributed by atoms with van der Waals surface area (Å²) in [4.78, 5) is 24.0. The van der Waals surface area contributed by atoms with Gasteiger partial charge in [0, 0.05) is 23.6 Å². The minimum Gasteiger partial charge on any atom is -0.483 e. The number of benzene rings is 3. The average Bonchev–Trinajstić information content (AvgIpc) is 2.72. The number of ether oxygens (including phenoxy) is 1.